The molecule has 7 heteroatoms. The number of alkyl carbamates (subject to hydrolysis) is 1. The molecule has 16 heavy (non-hydrogen) atoms. The Kier molecular flexibility index (Phi) is 5.47. The highest BCUT2D eigenvalue weighted by Gasteiger charge is 2.38. The predicted molar refractivity (Wildman–Crippen MR) is 67.2 cm³/mol. The van der Waals surface area contributed by atoms with Crippen LogP contribution in [0.15, 0.2) is 0 Å². The number of hydrogen-bond acceptors (Lipinski definition) is 4. The summed E-state index contributed by atoms with van der Waals surface area (Å²) >= 11 is 1.69. The Morgan fingerprint density at radius 2 is 1.88 bits per heavy atom. The molecule has 0 saturated carbocycles. The van der Waals surface area contributed by atoms with Gasteiger partial charge in [-0.25, -0.2) is 13.1 Å². The Labute approximate surface area is 109 Å². The predicted octanol–water partition coefficient (Wildman–Crippen LogP) is 1.64. The number of aliphatic carboxylic acids is 1. The molecule has 1 atom stereocenters. The van der Waals surface area contributed by atoms with Crippen LogP contribution in [-0.4, -0.2) is 28.4 Å². The number of halogens is 1. The first-order valence-electron chi connectivity index (χ1n) is 4.79. The summed E-state index contributed by atoms with van der Waals surface area (Å²) in [4.78, 5) is 22.5. The summed E-state index contributed by atoms with van der Waals surface area (Å²) in [6.07, 6.45) is -0.564. The standard InChI is InChI=1S/C9H17IN2O4/c1-5-9(12-10,6(13)14)11-7(15)16-8(2,3)4/h12H,5H2,1-4H3,(H,11,15)(H,13,14)/t9-/m0/s1. The van der Waals surface area contributed by atoms with E-state index < -0.39 is 23.3 Å². The molecule has 0 rings (SSSR count). The fraction of sp³-hybridized carbons (Fsp3) is 0.778. The number of nitrogens with one attached hydrogen (secondary N) is 2. The first-order valence-corrected chi connectivity index (χ1v) is 5.87. The van der Waals surface area contributed by atoms with Crippen molar-refractivity contribution < 1.29 is 19.4 Å². The Balaban J connectivity index is 4.66. The van der Waals surface area contributed by atoms with Crippen molar-refractivity contribution >= 4 is 34.9 Å². The lowest BCUT2D eigenvalue weighted by Crippen LogP contribution is -2.61. The van der Waals surface area contributed by atoms with Crippen LogP contribution in [0.5, 0.6) is 0 Å². The summed E-state index contributed by atoms with van der Waals surface area (Å²) < 4.78 is 7.53. The molecule has 0 aromatic heterocycles. The largest absolute Gasteiger partial charge is 0.478 e. The fourth-order valence-electron chi connectivity index (χ4n) is 0.902. The van der Waals surface area contributed by atoms with Crippen LogP contribution in [0, 0.1) is 0 Å². The average molecular weight is 344 g/mol. The number of carboxylic acids is 1. The molecule has 0 saturated heterocycles. The molecule has 0 radical (unpaired) electrons. The van der Waals surface area contributed by atoms with Gasteiger partial charge in [-0.15, -0.1) is 0 Å². The SMILES string of the molecule is CC[C@@](NI)(NC(=O)OC(C)(C)C)C(=O)O. The lowest BCUT2D eigenvalue weighted by molar-refractivity contribution is -0.145. The van der Waals surface area contributed by atoms with E-state index in [0.717, 1.165) is 0 Å². The van der Waals surface area contributed by atoms with Gasteiger partial charge in [-0.1, -0.05) is 6.92 Å². The normalized spacial score (nSPS) is 15.1. The number of carboxylic acid groups (broad SMARTS) is 1. The minimum atomic E-state index is -1.50. The van der Waals surface area contributed by atoms with Gasteiger partial charge in [0.2, 0.25) is 5.66 Å². The van der Waals surface area contributed by atoms with Gasteiger partial charge in [-0.2, -0.15) is 0 Å². The van der Waals surface area contributed by atoms with Crippen LogP contribution < -0.4 is 8.85 Å². The smallest absolute Gasteiger partial charge is 0.409 e. The van der Waals surface area contributed by atoms with Gasteiger partial charge in [-0.05, 0) is 27.2 Å². The second kappa shape index (κ2) is 5.67. The molecule has 0 heterocycles. The van der Waals surface area contributed by atoms with Gasteiger partial charge in [0.15, 0.2) is 0 Å². The van der Waals surface area contributed by atoms with E-state index in [9.17, 15) is 9.59 Å². The number of ether oxygens (including phenoxy) is 1. The molecule has 6 nitrogen and oxygen atoms in total. The van der Waals surface area contributed by atoms with Gasteiger partial charge in [0, 0.05) is 22.9 Å². The topological polar surface area (TPSA) is 87.7 Å². The summed E-state index contributed by atoms with van der Waals surface area (Å²) in [5, 5.41) is 11.3. The Morgan fingerprint density at radius 3 is 2.12 bits per heavy atom. The second-order valence-electron chi connectivity index (χ2n) is 4.29. The van der Waals surface area contributed by atoms with Gasteiger partial charge >= 0.3 is 12.1 Å². The molecule has 0 bridgehead atoms. The molecule has 0 aromatic rings. The Hall–Kier alpha value is -0.570. The van der Waals surface area contributed by atoms with E-state index in [-0.39, 0.29) is 6.42 Å². The van der Waals surface area contributed by atoms with Crippen molar-refractivity contribution in [3.05, 3.63) is 0 Å². The lowest BCUT2D eigenvalue weighted by atomic mass is 10.1. The van der Waals surface area contributed by atoms with Crippen LogP contribution in [0.4, 0.5) is 4.79 Å². The first-order chi connectivity index (χ1) is 7.17. The summed E-state index contributed by atoms with van der Waals surface area (Å²) in [7, 11) is 0. The molecule has 0 aliphatic rings. The molecule has 0 aliphatic heterocycles. The third-order valence-corrected chi connectivity index (χ3v) is 2.69. The van der Waals surface area contributed by atoms with Gasteiger partial charge in [0.25, 0.3) is 0 Å². The Bertz CT molecular complexity index is 271. The molecule has 0 aliphatic carbocycles. The minimum Gasteiger partial charge on any atom is -0.478 e. The highest BCUT2D eigenvalue weighted by molar-refractivity contribution is 14.1. The summed E-state index contributed by atoms with van der Waals surface area (Å²) in [6.45, 7) is 6.77. The van der Waals surface area contributed by atoms with Crippen molar-refractivity contribution in [2.45, 2.75) is 45.4 Å². The van der Waals surface area contributed by atoms with Gasteiger partial charge in [-0.3, -0.25) is 5.32 Å². The molecular weight excluding hydrogens is 327 g/mol. The van der Waals surface area contributed by atoms with Gasteiger partial charge < -0.3 is 9.84 Å². The maximum absolute atomic E-state index is 11.5. The highest BCUT2D eigenvalue weighted by atomic mass is 127. The molecular formula is C9H17IN2O4. The number of hydrogen-bond donors (Lipinski definition) is 3. The molecule has 0 aromatic carbocycles. The third-order valence-electron chi connectivity index (χ3n) is 1.77. The molecule has 0 spiro atoms. The highest BCUT2D eigenvalue weighted by Crippen LogP contribution is 2.12. The van der Waals surface area contributed by atoms with E-state index in [1.807, 2.05) is 0 Å². The van der Waals surface area contributed by atoms with Crippen molar-refractivity contribution in [1.29, 1.82) is 0 Å². The zero-order valence-corrected chi connectivity index (χ0v) is 11.9. The zero-order valence-electron chi connectivity index (χ0n) is 9.76. The first kappa shape index (κ1) is 15.4. The van der Waals surface area contributed by atoms with Crippen LogP contribution >= 0.6 is 22.9 Å². The van der Waals surface area contributed by atoms with E-state index in [1.54, 1.807) is 50.6 Å². The van der Waals surface area contributed by atoms with Crippen molar-refractivity contribution in [3.63, 3.8) is 0 Å². The molecule has 94 valence electrons. The average Bonchev–Trinajstić information content (AvgIpc) is 2.10. The quantitative estimate of drug-likeness (QED) is 0.410. The summed E-state index contributed by atoms with van der Waals surface area (Å²) in [5.74, 6) is -1.16. The van der Waals surface area contributed by atoms with E-state index in [1.165, 1.54) is 0 Å². The summed E-state index contributed by atoms with van der Waals surface area (Å²) in [6, 6.07) is 0. The van der Waals surface area contributed by atoms with E-state index in [2.05, 4.69) is 8.85 Å². The van der Waals surface area contributed by atoms with E-state index in [0.29, 0.717) is 0 Å². The number of carbonyl (C=O) groups excluding carboxylic acids is 1. The maximum atomic E-state index is 11.5. The van der Waals surface area contributed by atoms with Crippen molar-refractivity contribution in [3.8, 4) is 0 Å². The monoisotopic (exact) mass is 344 g/mol. The van der Waals surface area contributed by atoms with Crippen molar-refractivity contribution in [1.82, 2.24) is 8.85 Å². The molecule has 1 amide bonds. The zero-order chi connectivity index (χ0) is 13.0. The van der Waals surface area contributed by atoms with Crippen LogP contribution in [0.3, 0.4) is 0 Å². The maximum Gasteiger partial charge on any atom is 0.409 e. The number of carbonyl (C=O) groups is 2. The van der Waals surface area contributed by atoms with E-state index >= 15 is 0 Å². The van der Waals surface area contributed by atoms with Crippen LogP contribution in [0.1, 0.15) is 34.1 Å². The summed E-state index contributed by atoms with van der Waals surface area (Å²) in [5.41, 5.74) is -2.16. The van der Waals surface area contributed by atoms with Crippen LogP contribution in [0.25, 0.3) is 0 Å². The molecule has 0 fully saturated rings. The minimum absolute atomic E-state index is 0.199. The van der Waals surface area contributed by atoms with Crippen molar-refractivity contribution in [2.24, 2.45) is 0 Å². The Morgan fingerprint density at radius 1 is 1.38 bits per heavy atom. The van der Waals surface area contributed by atoms with Crippen LogP contribution in [-0.2, 0) is 9.53 Å². The van der Waals surface area contributed by atoms with Crippen LogP contribution in [0.2, 0.25) is 0 Å². The molecule has 0 unspecified atom stereocenters. The van der Waals surface area contributed by atoms with Crippen molar-refractivity contribution in [2.75, 3.05) is 0 Å². The van der Waals surface area contributed by atoms with Gasteiger partial charge in [0.1, 0.15) is 5.60 Å². The lowest BCUT2D eigenvalue weighted by Gasteiger charge is -2.29. The molecule has 3 N–H and O–H groups in total. The number of amides is 1. The number of rotatable bonds is 4. The second-order valence-corrected chi connectivity index (χ2v) is 4.82. The van der Waals surface area contributed by atoms with Gasteiger partial charge in [0.05, 0.1) is 0 Å². The fourth-order valence-corrected chi connectivity index (χ4v) is 1.65. The van der Waals surface area contributed by atoms with E-state index in [4.69, 9.17) is 9.84 Å². The third kappa shape index (κ3) is 4.52.